The first-order valence-corrected chi connectivity index (χ1v) is 5.37. The molecule has 0 radical (unpaired) electrons. The molecule has 0 saturated heterocycles. The van der Waals surface area contributed by atoms with E-state index in [9.17, 15) is 0 Å². The quantitative estimate of drug-likeness (QED) is 0.542. The highest BCUT2D eigenvalue weighted by molar-refractivity contribution is 5.60. The fourth-order valence-corrected chi connectivity index (χ4v) is 0.723. The molecule has 0 heterocycles. The smallest absolute Gasteiger partial charge is 0.0233 e. The second-order valence-corrected chi connectivity index (χ2v) is 3.35. The summed E-state index contributed by atoms with van der Waals surface area (Å²) in [7, 11) is 0. The van der Waals surface area contributed by atoms with E-state index < -0.39 is 0 Å². The minimum Gasteiger partial charge on any atom is -0.100 e. The fraction of sp³-hybridized carbons (Fsp3) is 0.333. The Morgan fingerprint density at radius 3 is 1.40 bits per heavy atom. The Morgan fingerprint density at radius 1 is 0.867 bits per heavy atom. The van der Waals surface area contributed by atoms with Gasteiger partial charge in [-0.3, -0.25) is 0 Å². The van der Waals surface area contributed by atoms with Gasteiger partial charge in [-0.25, -0.2) is 0 Å². The molecule has 0 N–H and O–H groups in total. The van der Waals surface area contributed by atoms with Crippen LogP contribution in [0.1, 0.15) is 40.2 Å². The molecule has 0 atom stereocenters. The van der Waals surface area contributed by atoms with Gasteiger partial charge in [-0.05, 0) is 26.3 Å². The summed E-state index contributed by atoms with van der Waals surface area (Å²) in [5.41, 5.74) is 3.51. The lowest BCUT2D eigenvalue weighted by molar-refractivity contribution is 1.42. The fourth-order valence-electron chi connectivity index (χ4n) is 0.723. The molecule has 1 rings (SSSR count). The van der Waals surface area contributed by atoms with Gasteiger partial charge in [0.05, 0.1) is 0 Å². The molecule has 84 valence electrons. The van der Waals surface area contributed by atoms with E-state index in [4.69, 9.17) is 0 Å². The zero-order valence-electron chi connectivity index (χ0n) is 10.8. The van der Waals surface area contributed by atoms with Crippen LogP contribution < -0.4 is 0 Å². The number of benzene rings is 1. The van der Waals surface area contributed by atoms with Crippen LogP contribution in [0.4, 0.5) is 0 Å². The summed E-state index contributed by atoms with van der Waals surface area (Å²) in [6.45, 7) is 17.3. The van der Waals surface area contributed by atoms with Crippen LogP contribution in [0.5, 0.6) is 0 Å². The summed E-state index contributed by atoms with van der Waals surface area (Å²) >= 11 is 0. The topological polar surface area (TPSA) is 0 Å². The van der Waals surface area contributed by atoms with Crippen molar-refractivity contribution in [2.45, 2.75) is 34.6 Å². The lowest BCUT2D eigenvalue weighted by Crippen LogP contribution is -1.72. The summed E-state index contributed by atoms with van der Waals surface area (Å²) in [6.07, 6.45) is 0. The molecule has 1 aromatic rings. The van der Waals surface area contributed by atoms with Crippen molar-refractivity contribution in [1.29, 1.82) is 0 Å². The Labute approximate surface area is 95.3 Å². The summed E-state index contributed by atoms with van der Waals surface area (Å²) in [5, 5.41) is 0. The third kappa shape index (κ3) is 12.7. The highest BCUT2D eigenvalue weighted by Gasteiger charge is 1.86. The van der Waals surface area contributed by atoms with Gasteiger partial charge in [-0.1, -0.05) is 61.9 Å². The van der Waals surface area contributed by atoms with E-state index in [0.29, 0.717) is 0 Å². The molecule has 0 saturated carbocycles. The third-order valence-electron chi connectivity index (χ3n) is 1.27. The summed E-state index contributed by atoms with van der Waals surface area (Å²) in [5.74, 6) is 0. The SMILES string of the molecule is C=C(C)C.C=C(C)c1ccccc1.CC. The van der Waals surface area contributed by atoms with Crippen LogP contribution in [-0.2, 0) is 0 Å². The van der Waals surface area contributed by atoms with Gasteiger partial charge in [0.1, 0.15) is 0 Å². The first-order valence-electron chi connectivity index (χ1n) is 5.37. The van der Waals surface area contributed by atoms with E-state index in [1.807, 2.05) is 52.8 Å². The largest absolute Gasteiger partial charge is 0.100 e. The Hall–Kier alpha value is -1.30. The molecule has 0 fully saturated rings. The van der Waals surface area contributed by atoms with Crippen molar-refractivity contribution in [2.75, 3.05) is 0 Å². The summed E-state index contributed by atoms with van der Waals surface area (Å²) in [4.78, 5) is 0. The second-order valence-electron chi connectivity index (χ2n) is 3.35. The van der Waals surface area contributed by atoms with Crippen molar-refractivity contribution < 1.29 is 0 Å². The lowest BCUT2D eigenvalue weighted by atomic mass is 10.1. The van der Waals surface area contributed by atoms with Crippen LogP contribution in [0, 0.1) is 0 Å². The van der Waals surface area contributed by atoms with Crippen molar-refractivity contribution in [3.63, 3.8) is 0 Å². The zero-order valence-corrected chi connectivity index (χ0v) is 10.8. The maximum atomic E-state index is 3.83. The van der Waals surface area contributed by atoms with E-state index in [0.717, 1.165) is 5.57 Å². The molecule has 0 bridgehead atoms. The summed E-state index contributed by atoms with van der Waals surface area (Å²) < 4.78 is 0. The zero-order chi connectivity index (χ0) is 12.3. The molecule has 1 aromatic carbocycles. The van der Waals surface area contributed by atoms with Crippen molar-refractivity contribution >= 4 is 5.57 Å². The van der Waals surface area contributed by atoms with Gasteiger partial charge in [0, 0.05) is 0 Å². The number of rotatable bonds is 1. The van der Waals surface area contributed by atoms with E-state index >= 15 is 0 Å². The third-order valence-corrected chi connectivity index (χ3v) is 1.27. The first kappa shape index (κ1) is 16.1. The van der Waals surface area contributed by atoms with Crippen LogP contribution in [0.2, 0.25) is 0 Å². The maximum Gasteiger partial charge on any atom is -0.0233 e. The van der Waals surface area contributed by atoms with Crippen LogP contribution >= 0.6 is 0 Å². The van der Waals surface area contributed by atoms with E-state index in [1.165, 1.54) is 11.1 Å². The Bertz CT molecular complexity index is 263. The molecular weight excluding hydrogens is 180 g/mol. The van der Waals surface area contributed by atoms with Gasteiger partial charge in [0.2, 0.25) is 0 Å². The van der Waals surface area contributed by atoms with E-state index in [2.05, 4.69) is 25.3 Å². The van der Waals surface area contributed by atoms with E-state index in [-0.39, 0.29) is 0 Å². The standard InChI is InChI=1S/C9H10.C4H8.C2H6/c1-8(2)9-6-4-3-5-7-9;1-4(2)3;1-2/h3-7H,1H2,2H3;1H2,2-3H3;1-2H3. The van der Waals surface area contributed by atoms with Crippen LogP contribution in [-0.4, -0.2) is 0 Å². The lowest BCUT2D eigenvalue weighted by Gasteiger charge is -1.94. The van der Waals surface area contributed by atoms with Crippen molar-refractivity contribution in [3.8, 4) is 0 Å². The van der Waals surface area contributed by atoms with Gasteiger partial charge in [0.25, 0.3) is 0 Å². The molecule has 0 spiro atoms. The highest BCUT2D eigenvalue weighted by atomic mass is 13.9. The molecule has 0 aliphatic rings. The van der Waals surface area contributed by atoms with Gasteiger partial charge in [0.15, 0.2) is 0 Å². The molecule has 0 heteroatoms. The van der Waals surface area contributed by atoms with Crippen LogP contribution in [0.15, 0.2) is 49.1 Å². The number of hydrogen-bond donors (Lipinski definition) is 0. The van der Waals surface area contributed by atoms with Crippen molar-refractivity contribution in [2.24, 2.45) is 0 Å². The predicted octanol–water partition coefficient (Wildman–Crippen LogP) is 5.33. The average Bonchev–Trinajstić information content (AvgIpc) is 2.21. The number of hydrogen-bond acceptors (Lipinski definition) is 0. The van der Waals surface area contributed by atoms with Crippen molar-refractivity contribution in [1.82, 2.24) is 0 Å². The predicted molar refractivity (Wildman–Crippen MR) is 73.0 cm³/mol. The van der Waals surface area contributed by atoms with E-state index in [1.54, 1.807) is 0 Å². The normalized spacial score (nSPS) is 7.53. The molecule has 0 aliphatic heterocycles. The summed E-state index contributed by atoms with van der Waals surface area (Å²) in [6, 6.07) is 10.2. The molecule has 0 aliphatic carbocycles. The van der Waals surface area contributed by atoms with Gasteiger partial charge < -0.3 is 0 Å². The Morgan fingerprint density at radius 2 is 1.20 bits per heavy atom. The van der Waals surface area contributed by atoms with Gasteiger partial charge in [-0.15, -0.1) is 6.58 Å². The Balaban J connectivity index is 0. The second kappa shape index (κ2) is 10.8. The number of allylic oxidation sites excluding steroid dienone is 2. The minimum atomic E-state index is 1.12. The molecule has 0 nitrogen and oxygen atoms in total. The van der Waals surface area contributed by atoms with Crippen molar-refractivity contribution in [3.05, 3.63) is 54.6 Å². The molecule has 0 amide bonds. The minimum absolute atomic E-state index is 1.12. The maximum absolute atomic E-state index is 3.83. The van der Waals surface area contributed by atoms with Crippen LogP contribution in [0.3, 0.4) is 0 Å². The van der Waals surface area contributed by atoms with Crippen LogP contribution in [0.25, 0.3) is 5.57 Å². The first-order chi connectivity index (χ1) is 7.04. The van der Waals surface area contributed by atoms with Gasteiger partial charge >= 0.3 is 0 Å². The monoisotopic (exact) mass is 204 g/mol. The molecule has 0 aromatic heterocycles. The molecule has 0 unspecified atom stereocenters. The molecular formula is C15H24. The average molecular weight is 204 g/mol. The molecule has 15 heavy (non-hydrogen) atoms. The van der Waals surface area contributed by atoms with Gasteiger partial charge in [-0.2, -0.15) is 0 Å². The highest BCUT2D eigenvalue weighted by Crippen LogP contribution is 2.08. The Kier molecular flexibility index (Phi) is 11.6.